The van der Waals surface area contributed by atoms with Crippen molar-refractivity contribution in [2.24, 2.45) is 0 Å². The molecule has 0 aliphatic carbocycles. The van der Waals surface area contributed by atoms with Crippen LogP contribution < -0.4 is 5.32 Å². The van der Waals surface area contributed by atoms with E-state index in [1.807, 2.05) is 4.90 Å². The van der Waals surface area contributed by atoms with Crippen molar-refractivity contribution in [3.63, 3.8) is 0 Å². The van der Waals surface area contributed by atoms with E-state index in [1.165, 1.54) is 0 Å². The minimum atomic E-state index is 0. The molecular weight excluding hydrogens is 232 g/mol. The van der Waals surface area contributed by atoms with Crippen molar-refractivity contribution < 1.29 is 4.79 Å². The first kappa shape index (κ1) is 15.1. The summed E-state index contributed by atoms with van der Waals surface area (Å²) in [6.07, 6.45) is 2.24. The topological polar surface area (TPSA) is 32.3 Å². The molecule has 0 bridgehead atoms. The highest BCUT2D eigenvalue weighted by atomic mass is 35.5. The van der Waals surface area contributed by atoms with E-state index in [1.54, 1.807) is 11.8 Å². The van der Waals surface area contributed by atoms with Crippen LogP contribution in [0.1, 0.15) is 19.8 Å². The standard InChI is InChI=1S/C10H20N2OS.ClH/c1-2-8-14-9-10(13)12-6-3-4-11-5-7-12;/h11H,2-9H2,1H3;1H. The van der Waals surface area contributed by atoms with Crippen molar-refractivity contribution in [3.05, 3.63) is 0 Å². The van der Waals surface area contributed by atoms with Gasteiger partial charge in [0, 0.05) is 19.6 Å². The highest BCUT2D eigenvalue weighted by Crippen LogP contribution is 2.05. The molecule has 1 heterocycles. The van der Waals surface area contributed by atoms with Crippen molar-refractivity contribution in [2.45, 2.75) is 19.8 Å². The maximum Gasteiger partial charge on any atom is 0.232 e. The van der Waals surface area contributed by atoms with Gasteiger partial charge in [0.2, 0.25) is 5.91 Å². The van der Waals surface area contributed by atoms with Crippen LogP contribution in [0.5, 0.6) is 0 Å². The van der Waals surface area contributed by atoms with Gasteiger partial charge in [0.25, 0.3) is 0 Å². The van der Waals surface area contributed by atoms with E-state index >= 15 is 0 Å². The zero-order chi connectivity index (χ0) is 10.2. The number of hydrogen-bond acceptors (Lipinski definition) is 3. The van der Waals surface area contributed by atoms with E-state index in [0.29, 0.717) is 11.7 Å². The summed E-state index contributed by atoms with van der Waals surface area (Å²) in [6, 6.07) is 0. The minimum absolute atomic E-state index is 0. The summed E-state index contributed by atoms with van der Waals surface area (Å²) in [7, 11) is 0. The van der Waals surface area contributed by atoms with Gasteiger partial charge in [-0.3, -0.25) is 4.79 Å². The molecule has 0 spiro atoms. The second-order valence-electron chi connectivity index (χ2n) is 3.54. The van der Waals surface area contributed by atoms with Crippen LogP contribution in [0.3, 0.4) is 0 Å². The molecule has 0 unspecified atom stereocenters. The fourth-order valence-electron chi connectivity index (χ4n) is 1.49. The average molecular weight is 253 g/mol. The van der Waals surface area contributed by atoms with E-state index in [2.05, 4.69) is 12.2 Å². The number of hydrogen-bond donors (Lipinski definition) is 1. The molecular formula is C10H21ClN2OS. The Bertz CT molecular complexity index is 173. The Hall–Kier alpha value is 0.0700. The first-order valence-electron chi connectivity index (χ1n) is 5.41. The van der Waals surface area contributed by atoms with Gasteiger partial charge < -0.3 is 10.2 Å². The fraction of sp³-hybridized carbons (Fsp3) is 0.900. The number of thioether (sulfide) groups is 1. The van der Waals surface area contributed by atoms with Crippen LogP contribution in [-0.4, -0.2) is 48.5 Å². The summed E-state index contributed by atoms with van der Waals surface area (Å²) in [6.45, 7) is 5.95. The molecule has 1 amide bonds. The third kappa shape index (κ3) is 6.28. The Labute approximate surface area is 103 Å². The van der Waals surface area contributed by atoms with Crippen LogP contribution in [-0.2, 0) is 4.79 Å². The van der Waals surface area contributed by atoms with E-state index in [-0.39, 0.29) is 12.4 Å². The van der Waals surface area contributed by atoms with Gasteiger partial charge in [-0.2, -0.15) is 11.8 Å². The lowest BCUT2D eigenvalue weighted by Crippen LogP contribution is -2.35. The van der Waals surface area contributed by atoms with Crippen molar-refractivity contribution in [1.82, 2.24) is 10.2 Å². The number of amides is 1. The van der Waals surface area contributed by atoms with Crippen LogP contribution in [0.25, 0.3) is 0 Å². The smallest absolute Gasteiger partial charge is 0.232 e. The lowest BCUT2D eigenvalue weighted by atomic mass is 10.4. The predicted octanol–water partition coefficient (Wildman–Crippen LogP) is 1.37. The second-order valence-corrected chi connectivity index (χ2v) is 4.64. The van der Waals surface area contributed by atoms with E-state index in [0.717, 1.165) is 44.8 Å². The molecule has 1 aliphatic rings. The van der Waals surface area contributed by atoms with Gasteiger partial charge >= 0.3 is 0 Å². The molecule has 0 radical (unpaired) electrons. The predicted molar refractivity (Wildman–Crippen MR) is 68.9 cm³/mol. The molecule has 3 nitrogen and oxygen atoms in total. The molecule has 0 atom stereocenters. The molecule has 1 N–H and O–H groups in total. The lowest BCUT2D eigenvalue weighted by Gasteiger charge is -2.19. The van der Waals surface area contributed by atoms with Crippen molar-refractivity contribution in [3.8, 4) is 0 Å². The summed E-state index contributed by atoms with van der Waals surface area (Å²) in [5.74, 6) is 2.07. The quantitative estimate of drug-likeness (QED) is 0.768. The molecule has 1 saturated heterocycles. The second kappa shape index (κ2) is 9.31. The fourth-order valence-corrected chi connectivity index (χ4v) is 2.28. The number of halogens is 1. The molecule has 90 valence electrons. The number of rotatable bonds is 4. The molecule has 0 aromatic carbocycles. The Balaban J connectivity index is 0.00000196. The van der Waals surface area contributed by atoms with Crippen LogP contribution >= 0.6 is 24.2 Å². The SMILES string of the molecule is CCCSCC(=O)N1CCCNCC1.Cl. The number of nitrogens with one attached hydrogen (secondary N) is 1. The van der Waals surface area contributed by atoms with Gasteiger partial charge in [0.15, 0.2) is 0 Å². The van der Waals surface area contributed by atoms with Gasteiger partial charge in [-0.05, 0) is 25.1 Å². The zero-order valence-electron chi connectivity index (χ0n) is 9.33. The molecule has 5 heteroatoms. The Morgan fingerprint density at radius 1 is 1.40 bits per heavy atom. The van der Waals surface area contributed by atoms with Crippen LogP contribution in [0.2, 0.25) is 0 Å². The molecule has 1 rings (SSSR count). The molecule has 0 aromatic rings. The van der Waals surface area contributed by atoms with Gasteiger partial charge in [0.1, 0.15) is 0 Å². The molecule has 15 heavy (non-hydrogen) atoms. The minimum Gasteiger partial charge on any atom is -0.341 e. The van der Waals surface area contributed by atoms with Gasteiger partial charge in [0.05, 0.1) is 5.75 Å². The summed E-state index contributed by atoms with van der Waals surface area (Å²) in [4.78, 5) is 13.7. The van der Waals surface area contributed by atoms with Crippen molar-refractivity contribution in [1.29, 1.82) is 0 Å². The zero-order valence-corrected chi connectivity index (χ0v) is 11.0. The third-order valence-electron chi connectivity index (χ3n) is 2.27. The highest BCUT2D eigenvalue weighted by Gasteiger charge is 2.14. The molecule has 0 saturated carbocycles. The summed E-state index contributed by atoms with van der Waals surface area (Å²) in [5, 5.41) is 3.30. The van der Waals surface area contributed by atoms with E-state index in [4.69, 9.17) is 0 Å². The largest absolute Gasteiger partial charge is 0.341 e. The van der Waals surface area contributed by atoms with Crippen molar-refractivity contribution in [2.75, 3.05) is 37.7 Å². The maximum absolute atomic E-state index is 11.7. The third-order valence-corrected chi connectivity index (χ3v) is 3.41. The summed E-state index contributed by atoms with van der Waals surface area (Å²) >= 11 is 1.75. The Morgan fingerprint density at radius 3 is 2.93 bits per heavy atom. The monoisotopic (exact) mass is 252 g/mol. The Morgan fingerprint density at radius 2 is 2.20 bits per heavy atom. The molecule has 1 aliphatic heterocycles. The van der Waals surface area contributed by atoms with Crippen LogP contribution in [0.4, 0.5) is 0 Å². The first-order chi connectivity index (χ1) is 6.84. The summed E-state index contributed by atoms with van der Waals surface area (Å²) in [5.41, 5.74) is 0. The van der Waals surface area contributed by atoms with E-state index in [9.17, 15) is 4.79 Å². The average Bonchev–Trinajstić information content (AvgIpc) is 2.46. The highest BCUT2D eigenvalue weighted by molar-refractivity contribution is 7.99. The van der Waals surface area contributed by atoms with Crippen LogP contribution in [0, 0.1) is 0 Å². The summed E-state index contributed by atoms with van der Waals surface area (Å²) < 4.78 is 0. The molecule has 1 fully saturated rings. The first-order valence-corrected chi connectivity index (χ1v) is 6.56. The molecule has 0 aromatic heterocycles. The normalized spacial score (nSPS) is 16.7. The van der Waals surface area contributed by atoms with Crippen LogP contribution in [0.15, 0.2) is 0 Å². The van der Waals surface area contributed by atoms with Gasteiger partial charge in [-0.1, -0.05) is 6.92 Å². The van der Waals surface area contributed by atoms with Crippen molar-refractivity contribution >= 4 is 30.1 Å². The number of carbonyl (C=O) groups is 1. The number of nitrogens with zero attached hydrogens (tertiary/aromatic N) is 1. The van der Waals surface area contributed by atoms with Gasteiger partial charge in [-0.15, -0.1) is 12.4 Å². The van der Waals surface area contributed by atoms with E-state index < -0.39 is 0 Å². The van der Waals surface area contributed by atoms with Gasteiger partial charge in [-0.25, -0.2) is 0 Å². The lowest BCUT2D eigenvalue weighted by molar-refractivity contribution is -0.128. The maximum atomic E-state index is 11.7. The Kier molecular flexibility index (Phi) is 9.35. The number of carbonyl (C=O) groups excluding carboxylic acids is 1.